The first kappa shape index (κ1) is 13.4. The zero-order valence-electron chi connectivity index (χ0n) is 12.2. The van der Waals surface area contributed by atoms with Gasteiger partial charge in [0.1, 0.15) is 0 Å². The average molecular weight is 265 g/mol. The fourth-order valence-corrected chi connectivity index (χ4v) is 3.17. The van der Waals surface area contributed by atoms with Crippen molar-refractivity contribution < 1.29 is 0 Å². The Morgan fingerprint density at radius 2 is 2.00 bits per heavy atom. The second kappa shape index (κ2) is 6.23. The highest BCUT2D eigenvalue weighted by atomic mass is 14.9. The third-order valence-electron chi connectivity index (χ3n) is 4.46. The second-order valence-corrected chi connectivity index (χ2v) is 5.79. The predicted octanol–water partition coefficient (Wildman–Crippen LogP) is 4.63. The molecule has 1 aliphatic heterocycles. The molecule has 0 aliphatic carbocycles. The molecule has 1 saturated heterocycles. The van der Waals surface area contributed by atoms with Crippen LogP contribution in [0.2, 0.25) is 0 Å². The highest BCUT2D eigenvalue weighted by Crippen LogP contribution is 2.23. The zero-order valence-corrected chi connectivity index (χ0v) is 12.2. The normalized spacial score (nSPS) is 23.4. The Bertz CT molecular complexity index is 594. The maximum atomic E-state index is 3.61. The Morgan fingerprint density at radius 3 is 2.90 bits per heavy atom. The summed E-state index contributed by atoms with van der Waals surface area (Å²) in [6.07, 6.45) is 8.55. The van der Waals surface area contributed by atoms with Crippen molar-refractivity contribution in [1.82, 2.24) is 5.32 Å². The van der Waals surface area contributed by atoms with Crippen LogP contribution in [0.3, 0.4) is 0 Å². The van der Waals surface area contributed by atoms with Crippen LogP contribution in [0, 0.1) is 5.92 Å². The lowest BCUT2D eigenvalue weighted by Gasteiger charge is -2.27. The molecule has 104 valence electrons. The van der Waals surface area contributed by atoms with Crippen LogP contribution < -0.4 is 5.32 Å². The first-order chi connectivity index (χ1) is 9.86. The molecule has 1 fully saturated rings. The van der Waals surface area contributed by atoms with Gasteiger partial charge in [-0.15, -0.1) is 0 Å². The molecule has 2 atom stereocenters. The minimum absolute atomic E-state index is 0.535. The van der Waals surface area contributed by atoms with E-state index in [-0.39, 0.29) is 0 Å². The van der Waals surface area contributed by atoms with Gasteiger partial charge >= 0.3 is 0 Å². The SMILES string of the molecule is CCC1CCNC(/C=C/c2cccc3ccccc23)C1. The molecule has 1 aliphatic rings. The van der Waals surface area contributed by atoms with Crippen LogP contribution in [0.25, 0.3) is 16.8 Å². The van der Waals surface area contributed by atoms with Crippen molar-refractivity contribution in [1.29, 1.82) is 0 Å². The van der Waals surface area contributed by atoms with Crippen LogP contribution in [0.1, 0.15) is 31.7 Å². The van der Waals surface area contributed by atoms with Gasteiger partial charge in [-0.25, -0.2) is 0 Å². The second-order valence-electron chi connectivity index (χ2n) is 5.79. The van der Waals surface area contributed by atoms with Crippen molar-refractivity contribution in [3.05, 3.63) is 54.1 Å². The van der Waals surface area contributed by atoms with Crippen molar-refractivity contribution in [3.63, 3.8) is 0 Å². The molecule has 1 heteroatoms. The Hall–Kier alpha value is -1.60. The summed E-state index contributed by atoms with van der Waals surface area (Å²) in [7, 11) is 0. The van der Waals surface area contributed by atoms with Gasteiger partial charge in [0.05, 0.1) is 0 Å². The zero-order chi connectivity index (χ0) is 13.8. The van der Waals surface area contributed by atoms with E-state index in [9.17, 15) is 0 Å². The summed E-state index contributed by atoms with van der Waals surface area (Å²) in [6.45, 7) is 3.46. The largest absolute Gasteiger partial charge is 0.310 e. The van der Waals surface area contributed by atoms with Crippen LogP contribution in [0.4, 0.5) is 0 Å². The molecule has 0 spiro atoms. The van der Waals surface area contributed by atoms with Crippen molar-refractivity contribution >= 4 is 16.8 Å². The van der Waals surface area contributed by atoms with E-state index in [0.29, 0.717) is 6.04 Å². The molecule has 1 nitrogen and oxygen atoms in total. The van der Waals surface area contributed by atoms with E-state index >= 15 is 0 Å². The lowest BCUT2D eigenvalue weighted by atomic mass is 9.90. The van der Waals surface area contributed by atoms with Gasteiger partial charge in [0.15, 0.2) is 0 Å². The quantitative estimate of drug-likeness (QED) is 0.853. The topological polar surface area (TPSA) is 12.0 Å². The summed E-state index contributed by atoms with van der Waals surface area (Å²) in [4.78, 5) is 0. The van der Waals surface area contributed by atoms with Crippen LogP contribution >= 0.6 is 0 Å². The Balaban J connectivity index is 1.80. The van der Waals surface area contributed by atoms with Gasteiger partial charge < -0.3 is 5.32 Å². The number of rotatable bonds is 3. The first-order valence-electron chi connectivity index (χ1n) is 7.76. The van der Waals surface area contributed by atoms with Gasteiger partial charge in [0.2, 0.25) is 0 Å². The summed E-state index contributed by atoms with van der Waals surface area (Å²) >= 11 is 0. The molecule has 0 bridgehead atoms. The highest BCUT2D eigenvalue weighted by molar-refractivity contribution is 5.90. The molecule has 0 aromatic heterocycles. The summed E-state index contributed by atoms with van der Waals surface area (Å²) in [5, 5.41) is 6.27. The summed E-state index contributed by atoms with van der Waals surface area (Å²) in [6, 6.07) is 15.7. The predicted molar refractivity (Wildman–Crippen MR) is 87.8 cm³/mol. The average Bonchev–Trinajstić information content (AvgIpc) is 2.53. The van der Waals surface area contributed by atoms with E-state index in [4.69, 9.17) is 0 Å². The van der Waals surface area contributed by atoms with Crippen molar-refractivity contribution in [3.8, 4) is 0 Å². The van der Waals surface area contributed by atoms with Crippen molar-refractivity contribution in [2.45, 2.75) is 32.2 Å². The van der Waals surface area contributed by atoms with E-state index in [1.807, 2.05) is 0 Å². The molecule has 0 amide bonds. The number of nitrogens with one attached hydrogen (secondary N) is 1. The van der Waals surface area contributed by atoms with Gasteiger partial charge in [-0.3, -0.25) is 0 Å². The van der Waals surface area contributed by atoms with Gasteiger partial charge in [0.25, 0.3) is 0 Å². The standard InChI is InChI=1S/C19H23N/c1-2-15-12-13-20-18(14-15)11-10-17-8-5-7-16-6-3-4-9-19(16)17/h3-11,15,18,20H,2,12-14H2,1H3/b11-10+. The van der Waals surface area contributed by atoms with E-state index in [1.165, 1.54) is 35.6 Å². The number of fused-ring (bicyclic) bond motifs is 1. The van der Waals surface area contributed by atoms with Gasteiger partial charge in [0, 0.05) is 6.04 Å². The van der Waals surface area contributed by atoms with Crippen LogP contribution in [0.5, 0.6) is 0 Å². The Morgan fingerprint density at radius 1 is 1.15 bits per heavy atom. The molecule has 3 rings (SSSR count). The third kappa shape index (κ3) is 2.94. The van der Waals surface area contributed by atoms with Crippen molar-refractivity contribution in [2.75, 3.05) is 6.54 Å². The van der Waals surface area contributed by atoms with Crippen LogP contribution in [-0.4, -0.2) is 12.6 Å². The van der Waals surface area contributed by atoms with Crippen LogP contribution in [0.15, 0.2) is 48.5 Å². The molecule has 20 heavy (non-hydrogen) atoms. The van der Waals surface area contributed by atoms with E-state index in [1.54, 1.807) is 0 Å². The molecule has 1 heterocycles. The molecule has 2 unspecified atom stereocenters. The summed E-state index contributed by atoms with van der Waals surface area (Å²) in [5.41, 5.74) is 1.32. The fraction of sp³-hybridized carbons (Fsp3) is 0.368. The first-order valence-corrected chi connectivity index (χ1v) is 7.76. The molecule has 2 aromatic carbocycles. The number of hydrogen-bond donors (Lipinski definition) is 1. The van der Waals surface area contributed by atoms with Gasteiger partial charge in [-0.1, -0.05) is 68.0 Å². The van der Waals surface area contributed by atoms with E-state index in [2.05, 4.69) is 66.9 Å². The summed E-state index contributed by atoms with van der Waals surface area (Å²) in [5.74, 6) is 0.887. The van der Waals surface area contributed by atoms with E-state index < -0.39 is 0 Å². The lowest BCUT2D eigenvalue weighted by molar-refractivity contribution is 0.326. The Kier molecular flexibility index (Phi) is 4.17. The molecular weight excluding hydrogens is 242 g/mol. The smallest absolute Gasteiger partial charge is 0.0255 e. The minimum Gasteiger partial charge on any atom is -0.310 e. The molecular formula is C19H23N. The third-order valence-corrected chi connectivity index (χ3v) is 4.46. The maximum Gasteiger partial charge on any atom is 0.0255 e. The molecule has 0 saturated carbocycles. The number of benzene rings is 2. The van der Waals surface area contributed by atoms with Gasteiger partial charge in [-0.2, -0.15) is 0 Å². The molecule has 2 aromatic rings. The van der Waals surface area contributed by atoms with E-state index in [0.717, 1.165) is 12.5 Å². The Labute approximate surface area is 121 Å². The van der Waals surface area contributed by atoms with Gasteiger partial charge in [-0.05, 0) is 41.6 Å². The molecule has 1 N–H and O–H groups in total. The molecule has 0 radical (unpaired) electrons. The van der Waals surface area contributed by atoms with Crippen molar-refractivity contribution in [2.24, 2.45) is 5.92 Å². The maximum absolute atomic E-state index is 3.61. The number of hydrogen-bond acceptors (Lipinski definition) is 1. The van der Waals surface area contributed by atoms with Crippen LogP contribution in [-0.2, 0) is 0 Å². The summed E-state index contributed by atoms with van der Waals surface area (Å²) < 4.78 is 0. The number of piperidine rings is 1. The highest BCUT2D eigenvalue weighted by Gasteiger charge is 2.17. The minimum atomic E-state index is 0.535. The monoisotopic (exact) mass is 265 g/mol. The lowest BCUT2D eigenvalue weighted by Crippen LogP contribution is -2.36. The fourth-order valence-electron chi connectivity index (χ4n) is 3.17.